The number of anilines is 1. The van der Waals surface area contributed by atoms with Crippen molar-refractivity contribution in [1.29, 1.82) is 0 Å². The molecule has 4 nitrogen and oxygen atoms in total. The summed E-state index contributed by atoms with van der Waals surface area (Å²) >= 11 is 12.4. The molecular weight excluding hydrogens is 233 g/mol. The van der Waals surface area contributed by atoms with Crippen molar-refractivity contribution in [2.45, 2.75) is 18.2 Å². The van der Waals surface area contributed by atoms with Crippen LogP contribution in [0.1, 0.15) is 11.9 Å². The summed E-state index contributed by atoms with van der Waals surface area (Å²) in [6.07, 6.45) is 0. The van der Waals surface area contributed by atoms with E-state index in [1.807, 2.05) is 0 Å². The molecule has 0 aliphatic rings. The van der Waals surface area contributed by atoms with Crippen LogP contribution in [0.25, 0.3) is 0 Å². The van der Waals surface area contributed by atoms with Gasteiger partial charge in [0.25, 0.3) is 5.91 Å². The number of nitrogens with one attached hydrogen (secondary N) is 1. The van der Waals surface area contributed by atoms with Crippen LogP contribution in [0.5, 0.6) is 0 Å². The van der Waals surface area contributed by atoms with E-state index in [-0.39, 0.29) is 0 Å². The standard InChI is InChI=1S/C6H7Cl2N3OS/c1-3-10-11-5(13-3)9-4(12)6(2,7)8/h1-2H3,(H,9,11,12). The maximum atomic E-state index is 11.2. The number of amides is 1. The predicted octanol–water partition coefficient (Wildman–Crippen LogP) is 1.98. The molecule has 0 atom stereocenters. The van der Waals surface area contributed by atoms with E-state index in [1.54, 1.807) is 6.92 Å². The van der Waals surface area contributed by atoms with Gasteiger partial charge in [0.05, 0.1) is 0 Å². The van der Waals surface area contributed by atoms with Gasteiger partial charge in [-0.25, -0.2) is 0 Å². The zero-order valence-corrected chi connectivity index (χ0v) is 9.30. The molecule has 72 valence electrons. The molecule has 1 rings (SSSR count). The van der Waals surface area contributed by atoms with Gasteiger partial charge in [0, 0.05) is 0 Å². The SMILES string of the molecule is Cc1nnc(NC(=O)C(C)(Cl)Cl)s1. The lowest BCUT2D eigenvalue weighted by molar-refractivity contribution is -0.116. The number of nitrogens with zero attached hydrogens (tertiary/aromatic N) is 2. The third-order valence-corrected chi connectivity index (χ3v) is 2.24. The molecule has 0 saturated heterocycles. The Morgan fingerprint density at radius 3 is 2.54 bits per heavy atom. The first kappa shape index (κ1) is 10.7. The Kier molecular flexibility index (Phi) is 3.10. The summed E-state index contributed by atoms with van der Waals surface area (Å²) in [6, 6.07) is 0. The second kappa shape index (κ2) is 3.77. The lowest BCUT2D eigenvalue weighted by atomic mass is 10.4. The average molecular weight is 240 g/mol. The number of aromatic nitrogens is 2. The molecule has 0 aromatic carbocycles. The molecule has 1 heterocycles. The largest absolute Gasteiger partial charge is 0.298 e. The number of rotatable bonds is 2. The molecule has 0 unspecified atom stereocenters. The first-order valence-electron chi connectivity index (χ1n) is 3.39. The smallest absolute Gasteiger partial charge is 0.262 e. The van der Waals surface area contributed by atoms with Crippen LogP contribution in [0.2, 0.25) is 0 Å². The Labute approximate surface area is 89.3 Å². The van der Waals surface area contributed by atoms with E-state index in [9.17, 15) is 4.79 Å². The van der Waals surface area contributed by atoms with E-state index >= 15 is 0 Å². The van der Waals surface area contributed by atoms with Crippen LogP contribution in [-0.4, -0.2) is 20.4 Å². The third-order valence-electron chi connectivity index (χ3n) is 1.15. The predicted molar refractivity (Wildman–Crippen MR) is 53.4 cm³/mol. The van der Waals surface area contributed by atoms with E-state index in [2.05, 4.69) is 15.5 Å². The molecule has 13 heavy (non-hydrogen) atoms. The Morgan fingerprint density at radius 2 is 2.15 bits per heavy atom. The van der Waals surface area contributed by atoms with Crippen molar-refractivity contribution in [3.8, 4) is 0 Å². The lowest BCUT2D eigenvalue weighted by Crippen LogP contribution is -2.29. The molecule has 0 saturated carbocycles. The van der Waals surface area contributed by atoms with Crippen LogP contribution in [0.4, 0.5) is 5.13 Å². The first-order chi connectivity index (χ1) is 5.89. The molecule has 1 aromatic heterocycles. The molecule has 0 aliphatic carbocycles. The molecule has 0 fully saturated rings. The number of alkyl halides is 2. The van der Waals surface area contributed by atoms with E-state index < -0.39 is 10.2 Å². The number of aryl methyl sites for hydroxylation is 1. The fourth-order valence-corrected chi connectivity index (χ4v) is 1.24. The summed E-state index contributed by atoms with van der Waals surface area (Å²) in [5.41, 5.74) is 0. The van der Waals surface area contributed by atoms with Crippen LogP contribution in [0.3, 0.4) is 0 Å². The van der Waals surface area contributed by atoms with Crippen molar-refractivity contribution < 1.29 is 4.79 Å². The van der Waals surface area contributed by atoms with E-state index in [0.29, 0.717) is 5.13 Å². The van der Waals surface area contributed by atoms with E-state index in [1.165, 1.54) is 18.3 Å². The molecule has 1 N–H and O–H groups in total. The molecule has 0 spiro atoms. The summed E-state index contributed by atoms with van der Waals surface area (Å²) in [5, 5.41) is 11.0. The quantitative estimate of drug-likeness (QED) is 0.804. The maximum absolute atomic E-state index is 11.2. The second-order valence-corrected chi connectivity index (χ2v) is 5.36. The highest BCUT2D eigenvalue weighted by Gasteiger charge is 2.28. The van der Waals surface area contributed by atoms with Crippen LogP contribution in [-0.2, 0) is 4.79 Å². The highest BCUT2D eigenvalue weighted by Crippen LogP contribution is 2.23. The summed E-state index contributed by atoms with van der Waals surface area (Å²) in [5.74, 6) is -0.507. The molecule has 7 heteroatoms. The number of carbonyl (C=O) groups is 1. The number of hydrogen-bond donors (Lipinski definition) is 1. The van der Waals surface area contributed by atoms with Gasteiger partial charge in [0.15, 0.2) is 4.33 Å². The molecule has 1 aromatic rings. The lowest BCUT2D eigenvalue weighted by Gasteiger charge is -2.10. The third kappa shape index (κ3) is 3.10. The average Bonchev–Trinajstić information content (AvgIpc) is 2.33. The fourth-order valence-electron chi connectivity index (χ4n) is 0.554. The fraction of sp³-hybridized carbons (Fsp3) is 0.500. The van der Waals surface area contributed by atoms with Crippen LogP contribution in [0, 0.1) is 6.92 Å². The highest BCUT2D eigenvalue weighted by atomic mass is 35.5. The minimum atomic E-state index is -1.44. The van der Waals surface area contributed by atoms with Gasteiger partial charge < -0.3 is 0 Å². The van der Waals surface area contributed by atoms with Gasteiger partial charge in [-0.15, -0.1) is 10.2 Å². The van der Waals surface area contributed by atoms with Crippen molar-refractivity contribution in [1.82, 2.24) is 10.2 Å². The number of halogens is 2. The van der Waals surface area contributed by atoms with Crippen molar-refractivity contribution in [3.05, 3.63) is 5.01 Å². The van der Waals surface area contributed by atoms with Crippen LogP contribution in [0.15, 0.2) is 0 Å². The molecule has 0 aliphatic heterocycles. The van der Waals surface area contributed by atoms with Crippen molar-refractivity contribution in [2.24, 2.45) is 0 Å². The summed E-state index contributed by atoms with van der Waals surface area (Å²) in [6.45, 7) is 3.17. The van der Waals surface area contributed by atoms with Gasteiger partial charge in [-0.1, -0.05) is 34.5 Å². The Bertz CT molecular complexity index is 320. The summed E-state index contributed by atoms with van der Waals surface area (Å²) in [4.78, 5) is 11.2. The highest BCUT2D eigenvalue weighted by molar-refractivity contribution is 7.15. The zero-order chi connectivity index (χ0) is 10.1. The molecule has 0 radical (unpaired) electrons. The first-order valence-corrected chi connectivity index (χ1v) is 4.96. The summed E-state index contributed by atoms with van der Waals surface area (Å²) in [7, 11) is 0. The van der Waals surface area contributed by atoms with Gasteiger partial charge in [-0.3, -0.25) is 10.1 Å². The van der Waals surface area contributed by atoms with Crippen LogP contribution >= 0.6 is 34.5 Å². The van der Waals surface area contributed by atoms with E-state index in [4.69, 9.17) is 23.2 Å². The Balaban J connectivity index is 2.65. The molecule has 1 amide bonds. The Hall–Kier alpha value is -0.390. The zero-order valence-electron chi connectivity index (χ0n) is 6.97. The van der Waals surface area contributed by atoms with E-state index in [0.717, 1.165) is 5.01 Å². The number of carbonyl (C=O) groups excluding carboxylic acids is 1. The van der Waals surface area contributed by atoms with Gasteiger partial charge in [-0.05, 0) is 13.8 Å². The number of hydrogen-bond acceptors (Lipinski definition) is 4. The minimum absolute atomic E-state index is 0.398. The topological polar surface area (TPSA) is 54.9 Å². The molecular formula is C6H7Cl2N3OS. The maximum Gasteiger partial charge on any atom is 0.262 e. The second-order valence-electron chi connectivity index (χ2n) is 2.47. The van der Waals surface area contributed by atoms with Crippen molar-refractivity contribution in [3.63, 3.8) is 0 Å². The normalized spacial score (nSPS) is 11.4. The van der Waals surface area contributed by atoms with Gasteiger partial charge in [-0.2, -0.15) is 0 Å². The monoisotopic (exact) mass is 239 g/mol. The Morgan fingerprint density at radius 1 is 1.54 bits per heavy atom. The van der Waals surface area contributed by atoms with Crippen molar-refractivity contribution >= 4 is 45.6 Å². The summed E-state index contributed by atoms with van der Waals surface area (Å²) < 4.78 is -1.44. The minimum Gasteiger partial charge on any atom is -0.298 e. The van der Waals surface area contributed by atoms with Gasteiger partial charge >= 0.3 is 0 Å². The van der Waals surface area contributed by atoms with Crippen LogP contribution < -0.4 is 5.32 Å². The van der Waals surface area contributed by atoms with Gasteiger partial charge in [0.1, 0.15) is 5.01 Å². The molecule has 0 bridgehead atoms. The van der Waals surface area contributed by atoms with Crippen molar-refractivity contribution in [2.75, 3.05) is 5.32 Å². The van der Waals surface area contributed by atoms with Gasteiger partial charge in [0.2, 0.25) is 5.13 Å².